The zero-order chi connectivity index (χ0) is 16.6. The van der Waals surface area contributed by atoms with Crippen LogP contribution in [0.5, 0.6) is 0 Å². The van der Waals surface area contributed by atoms with Gasteiger partial charge in [-0.05, 0) is 30.3 Å². The summed E-state index contributed by atoms with van der Waals surface area (Å²) in [6.45, 7) is 1.21. The van der Waals surface area contributed by atoms with Gasteiger partial charge in [0.15, 0.2) is 0 Å². The summed E-state index contributed by atoms with van der Waals surface area (Å²) in [4.78, 5) is 6.14. The fourth-order valence-corrected chi connectivity index (χ4v) is 4.04. The van der Waals surface area contributed by atoms with Crippen molar-refractivity contribution in [1.82, 2.24) is 9.29 Å². The molecule has 0 unspecified atom stereocenters. The monoisotopic (exact) mass is 371 g/mol. The van der Waals surface area contributed by atoms with Crippen LogP contribution in [0.4, 0.5) is 5.69 Å². The molecule has 1 fully saturated rings. The molecule has 23 heavy (non-hydrogen) atoms. The Morgan fingerprint density at radius 1 is 1.22 bits per heavy atom. The molecule has 0 saturated carbocycles. The van der Waals surface area contributed by atoms with Gasteiger partial charge in [-0.3, -0.25) is 4.98 Å². The van der Waals surface area contributed by atoms with Gasteiger partial charge in [0.1, 0.15) is 4.90 Å². The number of aromatic nitrogens is 1. The van der Waals surface area contributed by atoms with Gasteiger partial charge in [0, 0.05) is 38.2 Å². The van der Waals surface area contributed by atoms with Crippen molar-refractivity contribution < 1.29 is 8.42 Å². The molecule has 5 nitrogen and oxygen atoms in total. The van der Waals surface area contributed by atoms with E-state index in [1.54, 1.807) is 37.5 Å². The topological polar surface area (TPSA) is 53.5 Å². The van der Waals surface area contributed by atoms with Gasteiger partial charge < -0.3 is 4.90 Å². The van der Waals surface area contributed by atoms with Crippen LogP contribution in [-0.2, 0) is 10.0 Å². The highest BCUT2D eigenvalue weighted by Crippen LogP contribution is 2.31. The number of hydrogen-bond donors (Lipinski definition) is 0. The summed E-state index contributed by atoms with van der Waals surface area (Å²) in [5.41, 5.74) is 0.933. The third kappa shape index (κ3) is 3.17. The van der Waals surface area contributed by atoms with Crippen molar-refractivity contribution in [2.24, 2.45) is 0 Å². The maximum Gasteiger partial charge on any atom is 0.244 e. The fourth-order valence-electron chi connectivity index (χ4n) is 2.44. The Morgan fingerprint density at radius 2 is 1.96 bits per heavy atom. The summed E-state index contributed by atoms with van der Waals surface area (Å²) in [5, 5.41) is 0.993. The summed E-state index contributed by atoms with van der Waals surface area (Å²) in [6.07, 6.45) is 2.91. The quantitative estimate of drug-likeness (QED) is 0.828. The van der Waals surface area contributed by atoms with Gasteiger partial charge in [0.25, 0.3) is 0 Å². The summed E-state index contributed by atoms with van der Waals surface area (Å²) in [7, 11) is -1.93. The minimum atomic E-state index is -3.52. The molecule has 0 spiro atoms. The highest BCUT2D eigenvalue weighted by Gasteiger charge is 2.36. The van der Waals surface area contributed by atoms with Gasteiger partial charge in [0.05, 0.1) is 16.1 Å². The normalized spacial score (nSPS) is 15.7. The number of halogens is 2. The van der Waals surface area contributed by atoms with E-state index in [-0.39, 0.29) is 10.9 Å². The third-order valence-corrected chi connectivity index (χ3v) is 6.59. The summed E-state index contributed by atoms with van der Waals surface area (Å²) in [5.74, 6) is 0. The standard InChI is InChI=1S/C15H15Cl2N3O2S/c1-19(23(21,22)13-3-2-6-18-8-13)12-9-20(10-12)11-4-5-14(16)15(17)7-11/h2-8,12H,9-10H2,1H3. The Bertz CT molecular complexity index is 809. The van der Waals surface area contributed by atoms with E-state index < -0.39 is 10.0 Å². The van der Waals surface area contributed by atoms with Crippen molar-refractivity contribution in [2.45, 2.75) is 10.9 Å². The first-order valence-corrected chi connectivity index (χ1v) is 9.17. The molecule has 0 atom stereocenters. The second-order valence-corrected chi connectivity index (χ2v) is 8.18. The number of anilines is 1. The third-order valence-electron chi connectivity index (χ3n) is 3.96. The first-order valence-electron chi connectivity index (χ1n) is 6.97. The van der Waals surface area contributed by atoms with E-state index in [0.717, 1.165) is 5.69 Å². The molecule has 3 rings (SSSR count). The van der Waals surface area contributed by atoms with E-state index in [2.05, 4.69) is 9.88 Å². The minimum Gasteiger partial charge on any atom is -0.368 e. The van der Waals surface area contributed by atoms with Crippen LogP contribution in [-0.4, -0.2) is 43.9 Å². The number of pyridine rings is 1. The Morgan fingerprint density at radius 3 is 2.57 bits per heavy atom. The molecule has 2 aromatic rings. The first kappa shape index (κ1) is 16.5. The molecule has 2 heterocycles. The number of likely N-dealkylation sites (N-methyl/N-ethyl adjacent to an activating group) is 1. The molecular formula is C15H15Cl2N3O2S. The van der Waals surface area contributed by atoms with Crippen molar-refractivity contribution in [3.63, 3.8) is 0 Å². The van der Waals surface area contributed by atoms with E-state index in [1.165, 1.54) is 10.5 Å². The van der Waals surface area contributed by atoms with Crippen LogP contribution in [0.2, 0.25) is 10.0 Å². The molecule has 0 N–H and O–H groups in total. The summed E-state index contributed by atoms with van der Waals surface area (Å²) in [6, 6.07) is 8.48. The second kappa shape index (κ2) is 6.28. The minimum absolute atomic E-state index is 0.0883. The van der Waals surface area contributed by atoms with Crippen molar-refractivity contribution in [3.8, 4) is 0 Å². The maximum absolute atomic E-state index is 12.5. The van der Waals surface area contributed by atoms with E-state index >= 15 is 0 Å². The van der Waals surface area contributed by atoms with Gasteiger partial charge in [0.2, 0.25) is 10.0 Å². The number of benzene rings is 1. The average Bonchev–Trinajstić information content (AvgIpc) is 2.50. The fraction of sp³-hybridized carbons (Fsp3) is 0.267. The number of rotatable bonds is 4. The van der Waals surface area contributed by atoms with Gasteiger partial charge >= 0.3 is 0 Å². The molecule has 0 aliphatic carbocycles. The lowest BCUT2D eigenvalue weighted by molar-refractivity contribution is 0.311. The highest BCUT2D eigenvalue weighted by molar-refractivity contribution is 7.89. The van der Waals surface area contributed by atoms with E-state index in [1.807, 2.05) is 6.07 Å². The Balaban J connectivity index is 1.70. The smallest absolute Gasteiger partial charge is 0.244 e. The Labute approximate surface area is 145 Å². The van der Waals surface area contributed by atoms with Crippen LogP contribution in [0.3, 0.4) is 0 Å². The van der Waals surface area contributed by atoms with E-state index in [4.69, 9.17) is 23.2 Å². The van der Waals surface area contributed by atoms with Crippen LogP contribution < -0.4 is 4.90 Å². The van der Waals surface area contributed by atoms with Crippen molar-refractivity contribution in [1.29, 1.82) is 0 Å². The van der Waals surface area contributed by atoms with Gasteiger partial charge in [-0.15, -0.1) is 0 Å². The molecule has 1 aliphatic rings. The Kier molecular flexibility index (Phi) is 4.51. The largest absolute Gasteiger partial charge is 0.368 e. The van der Waals surface area contributed by atoms with Crippen LogP contribution >= 0.6 is 23.2 Å². The predicted octanol–water partition coefficient (Wildman–Crippen LogP) is 2.90. The molecular weight excluding hydrogens is 357 g/mol. The highest BCUT2D eigenvalue weighted by atomic mass is 35.5. The molecule has 0 bridgehead atoms. The number of sulfonamides is 1. The van der Waals surface area contributed by atoms with E-state index in [0.29, 0.717) is 23.1 Å². The molecule has 0 amide bonds. The SMILES string of the molecule is CN(C1CN(c2ccc(Cl)c(Cl)c2)C1)S(=O)(=O)c1cccnc1. The molecule has 1 aliphatic heterocycles. The number of hydrogen-bond acceptors (Lipinski definition) is 4. The average molecular weight is 372 g/mol. The van der Waals surface area contributed by atoms with Gasteiger partial charge in [-0.2, -0.15) is 4.31 Å². The van der Waals surface area contributed by atoms with E-state index in [9.17, 15) is 8.42 Å². The lowest BCUT2D eigenvalue weighted by atomic mass is 10.1. The molecule has 1 aromatic heterocycles. The summed E-state index contributed by atoms with van der Waals surface area (Å²) < 4.78 is 26.5. The summed E-state index contributed by atoms with van der Waals surface area (Å²) >= 11 is 11.9. The van der Waals surface area contributed by atoms with Crippen LogP contribution in [0, 0.1) is 0 Å². The zero-order valence-corrected chi connectivity index (χ0v) is 14.7. The second-order valence-electron chi connectivity index (χ2n) is 5.37. The maximum atomic E-state index is 12.5. The lowest BCUT2D eigenvalue weighted by Crippen LogP contribution is -2.59. The van der Waals surface area contributed by atoms with Crippen molar-refractivity contribution >= 4 is 38.9 Å². The Hall–Kier alpha value is -1.34. The van der Waals surface area contributed by atoms with Gasteiger partial charge in [-0.1, -0.05) is 23.2 Å². The van der Waals surface area contributed by atoms with Crippen molar-refractivity contribution in [2.75, 3.05) is 25.0 Å². The number of nitrogens with zero attached hydrogens (tertiary/aromatic N) is 3. The van der Waals surface area contributed by atoms with Crippen molar-refractivity contribution in [3.05, 3.63) is 52.8 Å². The zero-order valence-electron chi connectivity index (χ0n) is 12.4. The van der Waals surface area contributed by atoms with Crippen LogP contribution in [0.1, 0.15) is 0 Å². The molecule has 1 saturated heterocycles. The molecule has 0 radical (unpaired) electrons. The molecule has 8 heteroatoms. The lowest BCUT2D eigenvalue weighted by Gasteiger charge is -2.44. The molecule has 122 valence electrons. The van der Waals surface area contributed by atoms with Gasteiger partial charge in [-0.25, -0.2) is 8.42 Å². The molecule has 1 aromatic carbocycles. The predicted molar refractivity (Wildman–Crippen MR) is 91.6 cm³/mol. The van der Waals surface area contributed by atoms with Crippen LogP contribution in [0.15, 0.2) is 47.6 Å². The first-order chi connectivity index (χ1) is 10.9. The van der Waals surface area contributed by atoms with Crippen LogP contribution in [0.25, 0.3) is 0 Å².